The summed E-state index contributed by atoms with van der Waals surface area (Å²) in [5.74, 6) is -0.300. The van der Waals surface area contributed by atoms with Crippen LogP contribution in [0.15, 0.2) is 24.3 Å². The predicted octanol–water partition coefficient (Wildman–Crippen LogP) is 2.96. The summed E-state index contributed by atoms with van der Waals surface area (Å²) >= 11 is 1.54. The Balaban J connectivity index is 1.38. The van der Waals surface area contributed by atoms with Crippen LogP contribution in [0.3, 0.4) is 0 Å². The van der Waals surface area contributed by atoms with Gasteiger partial charge in [-0.2, -0.15) is 0 Å². The number of hydrogen-bond acceptors (Lipinski definition) is 5. The Morgan fingerprint density at radius 2 is 2.24 bits per heavy atom. The monoisotopic (exact) mass is 361 g/mol. The maximum absolute atomic E-state index is 13.0. The summed E-state index contributed by atoms with van der Waals surface area (Å²) in [6, 6.07) is 6.64. The topological polar surface area (TPSA) is 54.5 Å². The van der Waals surface area contributed by atoms with Crippen LogP contribution in [0.4, 0.5) is 9.52 Å². The summed E-state index contributed by atoms with van der Waals surface area (Å²) in [5.41, 5.74) is 2.17. The fourth-order valence-corrected chi connectivity index (χ4v) is 4.31. The molecule has 1 aromatic heterocycles. The van der Waals surface area contributed by atoms with Crippen molar-refractivity contribution >= 4 is 22.4 Å². The first-order chi connectivity index (χ1) is 12.2. The van der Waals surface area contributed by atoms with E-state index in [1.54, 1.807) is 0 Å². The van der Waals surface area contributed by atoms with Crippen molar-refractivity contribution in [3.05, 3.63) is 46.2 Å². The summed E-state index contributed by atoms with van der Waals surface area (Å²) in [4.78, 5) is 20.2. The van der Waals surface area contributed by atoms with Gasteiger partial charge in [-0.25, -0.2) is 9.37 Å². The van der Waals surface area contributed by atoms with Gasteiger partial charge in [0, 0.05) is 37.5 Å². The number of carbonyl (C=O) groups is 1. The SMILES string of the molecule is O=C(Nc1nc2c(s1)CN(Cc1ccc(F)cc1)CC2)C1CCCO1. The van der Waals surface area contributed by atoms with Crippen molar-refractivity contribution < 1.29 is 13.9 Å². The Bertz CT molecular complexity index is 756. The fraction of sp³-hybridized carbons (Fsp3) is 0.444. The van der Waals surface area contributed by atoms with E-state index in [2.05, 4.69) is 15.2 Å². The molecule has 0 aliphatic carbocycles. The van der Waals surface area contributed by atoms with E-state index < -0.39 is 0 Å². The molecule has 25 heavy (non-hydrogen) atoms. The highest BCUT2D eigenvalue weighted by Crippen LogP contribution is 2.29. The summed E-state index contributed by atoms with van der Waals surface area (Å²) in [5, 5.41) is 3.56. The van der Waals surface area contributed by atoms with E-state index in [0.717, 1.165) is 50.2 Å². The quantitative estimate of drug-likeness (QED) is 0.910. The summed E-state index contributed by atoms with van der Waals surface area (Å²) in [7, 11) is 0. The minimum Gasteiger partial charge on any atom is -0.368 e. The predicted molar refractivity (Wildman–Crippen MR) is 93.9 cm³/mol. The molecule has 132 valence electrons. The van der Waals surface area contributed by atoms with Crippen molar-refractivity contribution in [1.29, 1.82) is 0 Å². The second-order valence-corrected chi connectivity index (χ2v) is 7.55. The number of anilines is 1. The lowest BCUT2D eigenvalue weighted by molar-refractivity contribution is -0.124. The van der Waals surface area contributed by atoms with Gasteiger partial charge in [0.05, 0.1) is 5.69 Å². The molecule has 1 saturated heterocycles. The third kappa shape index (κ3) is 3.89. The first kappa shape index (κ1) is 16.6. The van der Waals surface area contributed by atoms with Gasteiger partial charge in [-0.05, 0) is 30.5 Å². The first-order valence-corrected chi connectivity index (χ1v) is 9.37. The number of fused-ring (bicyclic) bond motifs is 1. The number of hydrogen-bond donors (Lipinski definition) is 1. The second kappa shape index (κ2) is 7.19. The average Bonchev–Trinajstić information content (AvgIpc) is 3.26. The van der Waals surface area contributed by atoms with Gasteiger partial charge in [-0.1, -0.05) is 12.1 Å². The molecule has 1 unspecified atom stereocenters. The molecule has 1 N–H and O–H groups in total. The van der Waals surface area contributed by atoms with E-state index >= 15 is 0 Å². The molecule has 0 saturated carbocycles. The van der Waals surface area contributed by atoms with Crippen LogP contribution >= 0.6 is 11.3 Å². The lowest BCUT2D eigenvalue weighted by atomic mass is 10.1. The lowest BCUT2D eigenvalue weighted by Crippen LogP contribution is -2.29. The van der Waals surface area contributed by atoms with Crippen molar-refractivity contribution in [2.24, 2.45) is 0 Å². The Hall–Kier alpha value is -1.83. The molecule has 3 heterocycles. The van der Waals surface area contributed by atoms with E-state index in [1.807, 2.05) is 12.1 Å². The van der Waals surface area contributed by atoms with E-state index in [1.165, 1.54) is 28.3 Å². The minimum atomic E-state index is -0.337. The van der Waals surface area contributed by atoms with Gasteiger partial charge in [0.2, 0.25) is 0 Å². The van der Waals surface area contributed by atoms with E-state index in [0.29, 0.717) is 11.7 Å². The maximum Gasteiger partial charge on any atom is 0.255 e. The Morgan fingerprint density at radius 3 is 3.00 bits per heavy atom. The molecular weight excluding hydrogens is 341 g/mol. The summed E-state index contributed by atoms with van der Waals surface area (Å²) < 4.78 is 18.4. The Kier molecular flexibility index (Phi) is 4.78. The highest BCUT2D eigenvalue weighted by molar-refractivity contribution is 7.15. The van der Waals surface area contributed by atoms with Crippen molar-refractivity contribution in [2.75, 3.05) is 18.5 Å². The number of thiazole rings is 1. The zero-order chi connectivity index (χ0) is 17.2. The number of rotatable bonds is 4. The van der Waals surface area contributed by atoms with E-state index in [-0.39, 0.29) is 17.8 Å². The number of nitrogens with zero attached hydrogens (tertiary/aromatic N) is 2. The molecule has 7 heteroatoms. The van der Waals surface area contributed by atoms with Crippen LogP contribution in [0.25, 0.3) is 0 Å². The molecule has 0 bridgehead atoms. The van der Waals surface area contributed by atoms with E-state index in [9.17, 15) is 9.18 Å². The molecule has 0 spiro atoms. The van der Waals surface area contributed by atoms with Crippen LogP contribution in [-0.2, 0) is 29.0 Å². The highest BCUT2D eigenvalue weighted by atomic mass is 32.1. The van der Waals surface area contributed by atoms with Crippen LogP contribution < -0.4 is 5.32 Å². The standard InChI is InChI=1S/C18H20FN3O2S/c19-13-5-3-12(4-6-13)10-22-8-7-14-16(11-22)25-18(20-14)21-17(23)15-2-1-9-24-15/h3-6,15H,1-2,7-11H2,(H,20,21,23). The largest absolute Gasteiger partial charge is 0.368 e. The van der Waals surface area contributed by atoms with Crippen molar-refractivity contribution in [1.82, 2.24) is 9.88 Å². The van der Waals surface area contributed by atoms with Crippen LogP contribution in [0.1, 0.15) is 29.0 Å². The number of ether oxygens (including phenoxy) is 1. The third-order valence-electron chi connectivity index (χ3n) is 4.58. The zero-order valence-electron chi connectivity index (χ0n) is 13.8. The van der Waals surface area contributed by atoms with Crippen LogP contribution in [-0.4, -0.2) is 35.0 Å². The molecule has 5 nitrogen and oxygen atoms in total. The van der Waals surface area contributed by atoms with Crippen molar-refractivity contribution in [2.45, 2.75) is 38.5 Å². The molecule has 4 rings (SSSR count). The van der Waals surface area contributed by atoms with Gasteiger partial charge in [0.1, 0.15) is 11.9 Å². The van der Waals surface area contributed by atoms with Gasteiger partial charge >= 0.3 is 0 Å². The van der Waals surface area contributed by atoms with Gasteiger partial charge in [0.15, 0.2) is 5.13 Å². The van der Waals surface area contributed by atoms with Gasteiger partial charge in [-0.3, -0.25) is 15.0 Å². The smallest absolute Gasteiger partial charge is 0.255 e. The van der Waals surface area contributed by atoms with Crippen LogP contribution in [0.5, 0.6) is 0 Å². The second-order valence-electron chi connectivity index (χ2n) is 6.47. The molecule has 1 atom stereocenters. The molecule has 2 aromatic rings. The van der Waals surface area contributed by atoms with Crippen molar-refractivity contribution in [3.63, 3.8) is 0 Å². The number of benzene rings is 1. The highest BCUT2D eigenvalue weighted by Gasteiger charge is 2.26. The van der Waals surface area contributed by atoms with Gasteiger partial charge in [-0.15, -0.1) is 11.3 Å². The van der Waals surface area contributed by atoms with Gasteiger partial charge < -0.3 is 4.74 Å². The average molecular weight is 361 g/mol. The van der Waals surface area contributed by atoms with Crippen LogP contribution in [0.2, 0.25) is 0 Å². The summed E-state index contributed by atoms with van der Waals surface area (Å²) in [6.45, 7) is 3.16. The first-order valence-electron chi connectivity index (χ1n) is 8.55. The number of halogens is 1. The Labute approximate surface area is 149 Å². The molecule has 2 aliphatic heterocycles. The molecule has 1 amide bonds. The Morgan fingerprint density at radius 1 is 1.40 bits per heavy atom. The minimum absolute atomic E-state index is 0.0910. The third-order valence-corrected chi connectivity index (χ3v) is 5.58. The van der Waals surface area contributed by atoms with Crippen molar-refractivity contribution in [3.8, 4) is 0 Å². The fourth-order valence-electron chi connectivity index (χ4n) is 3.26. The number of amides is 1. The number of carbonyl (C=O) groups excluding carboxylic acids is 1. The molecule has 2 aliphatic rings. The summed E-state index contributed by atoms with van der Waals surface area (Å²) in [6.07, 6.45) is 2.24. The maximum atomic E-state index is 13.0. The normalized spacial score (nSPS) is 20.4. The molecular formula is C18H20FN3O2S. The van der Waals surface area contributed by atoms with Crippen LogP contribution in [0, 0.1) is 5.82 Å². The van der Waals surface area contributed by atoms with Gasteiger partial charge in [0.25, 0.3) is 5.91 Å². The lowest BCUT2D eigenvalue weighted by Gasteiger charge is -2.25. The zero-order valence-corrected chi connectivity index (χ0v) is 14.7. The van der Waals surface area contributed by atoms with E-state index in [4.69, 9.17) is 4.74 Å². The molecule has 1 fully saturated rings. The molecule has 1 aromatic carbocycles. The number of aromatic nitrogens is 1. The number of nitrogens with one attached hydrogen (secondary N) is 1. The molecule has 0 radical (unpaired) electrons.